The molecule has 2 saturated heterocycles. The summed E-state index contributed by atoms with van der Waals surface area (Å²) in [5.74, 6) is 2.88. The fourth-order valence-electron chi connectivity index (χ4n) is 7.05. The maximum absolute atomic E-state index is 11.0. The van der Waals surface area contributed by atoms with Gasteiger partial charge in [-0.15, -0.1) is 0 Å². The third kappa shape index (κ3) is 8.05. The predicted octanol–water partition coefficient (Wildman–Crippen LogP) is 4.90. The standard InChI is InChI=1S/C25H27N5O4.C15H19N3O2/c1-25(2,31)22-9-15(34-23-12-26-17-7-5-6-8-18(17)29-23)13-30(22)24-16-10-20(32-3)21(33-4)11-19(16)27-14-28-24;1-15(2,19)13-7-10(8-17-13)20-14-9-16-11-5-3-4-6-12(11)18-14/h5-8,10-12,14-15,22,31H,9,13H2,1-4H3;3-6,9-10,13,17,19H,7-8H2,1-2H3. The van der Waals surface area contributed by atoms with E-state index in [0.29, 0.717) is 48.6 Å². The van der Waals surface area contributed by atoms with Crippen LogP contribution in [-0.2, 0) is 0 Å². The summed E-state index contributed by atoms with van der Waals surface area (Å²) >= 11 is 0. The van der Waals surface area contributed by atoms with Gasteiger partial charge >= 0.3 is 0 Å². The lowest BCUT2D eigenvalue weighted by Gasteiger charge is -2.34. The molecule has 0 spiro atoms. The molecular formula is C40H46N8O6. The van der Waals surface area contributed by atoms with Crippen LogP contribution < -0.4 is 29.2 Å². The molecule has 2 fully saturated rings. The molecule has 14 heteroatoms. The fraction of sp³-hybridized carbons (Fsp3) is 0.400. The average molecular weight is 735 g/mol. The van der Waals surface area contributed by atoms with Gasteiger partial charge in [0.25, 0.3) is 0 Å². The molecule has 54 heavy (non-hydrogen) atoms. The van der Waals surface area contributed by atoms with Crippen molar-refractivity contribution in [2.75, 3.05) is 32.2 Å². The Morgan fingerprint density at radius 3 is 1.81 bits per heavy atom. The van der Waals surface area contributed by atoms with E-state index in [1.165, 1.54) is 6.33 Å². The van der Waals surface area contributed by atoms with Crippen molar-refractivity contribution in [2.45, 2.75) is 76.0 Å². The molecule has 0 saturated carbocycles. The second-order valence-electron chi connectivity index (χ2n) is 14.7. The van der Waals surface area contributed by atoms with E-state index < -0.39 is 11.2 Å². The molecule has 4 unspecified atom stereocenters. The monoisotopic (exact) mass is 734 g/mol. The molecule has 8 rings (SSSR count). The number of hydrogen-bond acceptors (Lipinski definition) is 14. The number of methoxy groups -OCH3 is 2. The van der Waals surface area contributed by atoms with Crippen LogP contribution in [-0.4, -0.2) is 103 Å². The Bertz CT molecular complexity index is 2240. The minimum absolute atomic E-state index is 0.0156. The number of aromatic nitrogens is 6. The minimum Gasteiger partial charge on any atom is -0.493 e. The zero-order chi connectivity index (χ0) is 38.0. The maximum Gasteiger partial charge on any atom is 0.233 e. The van der Waals surface area contributed by atoms with Crippen molar-refractivity contribution in [3.63, 3.8) is 0 Å². The Morgan fingerprint density at radius 1 is 0.685 bits per heavy atom. The molecule has 2 aliphatic heterocycles. The van der Waals surface area contributed by atoms with Crippen molar-refractivity contribution in [3.05, 3.63) is 79.4 Å². The van der Waals surface area contributed by atoms with Crippen LogP contribution in [0.15, 0.2) is 79.4 Å². The molecule has 0 aliphatic carbocycles. The third-order valence-electron chi connectivity index (χ3n) is 9.84. The number of benzene rings is 3. The number of ether oxygens (including phenoxy) is 4. The van der Waals surface area contributed by atoms with Crippen LogP contribution in [0.1, 0.15) is 40.5 Å². The van der Waals surface area contributed by atoms with Crippen molar-refractivity contribution < 1.29 is 29.2 Å². The van der Waals surface area contributed by atoms with Gasteiger partial charge in [-0.2, -0.15) is 0 Å². The Kier molecular flexibility index (Phi) is 10.3. The van der Waals surface area contributed by atoms with Gasteiger partial charge in [-0.3, -0.25) is 0 Å². The Labute approximate surface area is 313 Å². The number of rotatable bonds is 9. The molecule has 6 aromatic rings. The fourth-order valence-corrected chi connectivity index (χ4v) is 7.05. The number of aliphatic hydroxyl groups is 2. The van der Waals surface area contributed by atoms with Crippen molar-refractivity contribution in [3.8, 4) is 23.3 Å². The first-order valence-corrected chi connectivity index (χ1v) is 18.0. The molecule has 3 aromatic heterocycles. The van der Waals surface area contributed by atoms with Crippen molar-refractivity contribution in [2.24, 2.45) is 0 Å². The van der Waals surface area contributed by atoms with E-state index in [-0.39, 0.29) is 24.3 Å². The van der Waals surface area contributed by atoms with Crippen LogP contribution in [0.3, 0.4) is 0 Å². The van der Waals surface area contributed by atoms with Gasteiger partial charge in [0.05, 0.1) is 78.0 Å². The lowest BCUT2D eigenvalue weighted by atomic mass is 9.96. The van der Waals surface area contributed by atoms with Gasteiger partial charge in [0, 0.05) is 36.9 Å². The van der Waals surface area contributed by atoms with Crippen molar-refractivity contribution >= 4 is 38.8 Å². The summed E-state index contributed by atoms with van der Waals surface area (Å²) < 4.78 is 23.0. The zero-order valence-corrected chi connectivity index (χ0v) is 31.3. The highest BCUT2D eigenvalue weighted by atomic mass is 16.5. The van der Waals surface area contributed by atoms with Crippen LogP contribution >= 0.6 is 0 Å². The van der Waals surface area contributed by atoms with E-state index in [1.807, 2.05) is 74.5 Å². The van der Waals surface area contributed by atoms with E-state index in [4.69, 9.17) is 18.9 Å². The Hall–Kier alpha value is -5.44. The van der Waals surface area contributed by atoms with Crippen LogP contribution in [0.25, 0.3) is 33.0 Å². The molecule has 0 radical (unpaired) electrons. The van der Waals surface area contributed by atoms with Gasteiger partial charge < -0.3 is 39.4 Å². The van der Waals surface area contributed by atoms with Crippen LogP contribution in [0, 0.1) is 0 Å². The van der Waals surface area contributed by atoms with Gasteiger partial charge in [-0.1, -0.05) is 24.3 Å². The number of hydrogen-bond donors (Lipinski definition) is 3. The van der Waals surface area contributed by atoms with E-state index in [1.54, 1.807) is 40.5 Å². The highest BCUT2D eigenvalue weighted by molar-refractivity contribution is 5.92. The molecule has 14 nitrogen and oxygen atoms in total. The number of para-hydroxylation sites is 4. The smallest absolute Gasteiger partial charge is 0.233 e. The minimum atomic E-state index is -0.999. The highest BCUT2D eigenvalue weighted by Crippen LogP contribution is 2.39. The van der Waals surface area contributed by atoms with E-state index in [2.05, 4.69) is 40.1 Å². The van der Waals surface area contributed by atoms with Crippen molar-refractivity contribution in [1.82, 2.24) is 35.2 Å². The van der Waals surface area contributed by atoms with Gasteiger partial charge in [0.1, 0.15) is 24.4 Å². The molecular weight excluding hydrogens is 688 g/mol. The summed E-state index contributed by atoms with van der Waals surface area (Å²) in [4.78, 5) is 28.9. The molecule has 282 valence electrons. The number of fused-ring (bicyclic) bond motifs is 3. The first kappa shape index (κ1) is 36.9. The second kappa shape index (κ2) is 15.1. The molecule has 2 aliphatic rings. The molecule has 4 atom stereocenters. The predicted molar refractivity (Wildman–Crippen MR) is 205 cm³/mol. The van der Waals surface area contributed by atoms with Crippen LogP contribution in [0.4, 0.5) is 5.82 Å². The van der Waals surface area contributed by atoms with Crippen LogP contribution in [0.5, 0.6) is 23.3 Å². The summed E-state index contributed by atoms with van der Waals surface area (Å²) in [5, 5.41) is 25.1. The summed E-state index contributed by atoms with van der Waals surface area (Å²) in [6.45, 7) is 8.45. The zero-order valence-electron chi connectivity index (χ0n) is 31.3. The lowest BCUT2D eigenvalue weighted by Crippen LogP contribution is -2.46. The molecule has 0 bridgehead atoms. The Morgan fingerprint density at radius 2 is 1.26 bits per heavy atom. The third-order valence-corrected chi connectivity index (χ3v) is 9.84. The average Bonchev–Trinajstić information content (AvgIpc) is 3.82. The maximum atomic E-state index is 11.0. The number of nitrogens with one attached hydrogen (secondary N) is 1. The number of nitrogens with zero attached hydrogens (tertiary/aromatic N) is 7. The lowest BCUT2D eigenvalue weighted by molar-refractivity contribution is 0.0411. The topological polar surface area (TPSA) is 170 Å². The number of anilines is 1. The normalized spacial score (nSPS) is 20.2. The van der Waals surface area contributed by atoms with Crippen molar-refractivity contribution in [1.29, 1.82) is 0 Å². The van der Waals surface area contributed by atoms with E-state index in [0.717, 1.165) is 39.4 Å². The second-order valence-corrected chi connectivity index (χ2v) is 14.7. The Balaban J connectivity index is 0.000000191. The molecule has 3 aromatic carbocycles. The van der Waals surface area contributed by atoms with E-state index >= 15 is 0 Å². The van der Waals surface area contributed by atoms with Gasteiger partial charge in [-0.05, 0) is 58.0 Å². The summed E-state index contributed by atoms with van der Waals surface area (Å²) in [5.41, 5.74) is 2.26. The van der Waals surface area contributed by atoms with Gasteiger partial charge in [0.2, 0.25) is 11.8 Å². The first-order valence-electron chi connectivity index (χ1n) is 18.0. The van der Waals surface area contributed by atoms with Gasteiger partial charge in [0.15, 0.2) is 11.5 Å². The van der Waals surface area contributed by atoms with E-state index in [9.17, 15) is 10.2 Å². The molecule has 3 N–H and O–H groups in total. The highest BCUT2D eigenvalue weighted by Gasteiger charge is 2.43. The summed E-state index contributed by atoms with van der Waals surface area (Å²) in [6, 6.07) is 18.9. The SMILES string of the molecule is CC(C)(O)C1CC(Oc2cnc3ccccc3n2)CN1.COc1cc2ncnc(N3CC(Oc4cnc5ccccc5n4)CC3C(C)(C)O)c2cc1OC. The quantitative estimate of drug-likeness (QED) is 0.183. The summed E-state index contributed by atoms with van der Waals surface area (Å²) in [6.07, 6.45) is 5.98. The largest absolute Gasteiger partial charge is 0.493 e. The van der Waals surface area contributed by atoms with Crippen LogP contribution in [0.2, 0.25) is 0 Å². The summed E-state index contributed by atoms with van der Waals surface area (Å²) in [7, 11) is 3.19. The van der Waals surface area contributed by atoms with Gasteiger partial charge in [-0.25, -0.2) is 29.9 Å². The first-order chi connectivity index (χ1) is 25.9. The molecule has 5 heterocycles. The molecule has 0 amide bonds.